The highest BCUT2D eigenvalue weighted by Gasteiger charge is 2.14. The molecule has 0 aliphatic carbocycles. The lowest BCUT2D eigenvalue weighted by atomic mass is 10.1. The van der Waals surface area contributed by atoms with Crippen molar-refractivity contribution in [3.05, 3.63) is 90.5 Å². The maximum Gasteiger partial charge on any atom is 0.240 e. The average Bonchev–Trinajstić information content (AvgIpc) is 3.20. The van der Waals surface area contributed by atoms with Crippen molar-refractivity contribution >= 4 is 20.8 Å². The van der Waals surface area contributed by atoms with E-state index >= 15 is 0 Å². The Kier molecular flexibility index (Phi) is 4.70. The summed E-state index contributed by atoms with van der Waals surface area (Å²) in [7, 11) is -3.57. The molecule has 0 spiro atoms. The number of aromatic nitrogens is 3. The Bertz CT molecular complexity index is 1150. The Labute approximate surface area is 157 Å². The second-order valence-electron chi connectivity index (χ2n) is 6.24. The molecule has 0 bridgehead atoms. The molecule has 0 unspecified atom stereocenters. The molecule has 1 heterocycles. The first kappa shape index (κ1) is 17.4. The molecule has 0 amide bonds. The second kappa shape index (κ2) is 7.30. The van der Waals surface area contributed by atoms with Crippen LogP contribution in [0.2, 0.25) is 0 Å². The Morgan fingerprint density at radius 1 is 0.889 bits per heavy atom. The molecule has 0 radical (unpaired) electrons. The van der Waals surface area contributed by atoms with Crippen LogP contribution in [0, 0.1) is 0 Å². The molecule has 0 atom stereocenters. The lowest BCUT2D eigenvalue weighted by Gasteiger charge is -2.09. The Hall–Kier alpha value is -3.03. The van der Waals surface area contributed by atoms with E-state index in [-0.39, 0.29) is 11.4 Å². The summed E-state index contributed by atoms with van der Waals surface area (Å²) in [5.41, 5.74) is 1.96. The van der Waals surface area contributed by atoms with E-state index in [1.54, 1.807) is 23.1 Å². The largest absolute Gasteiger partial charge is 0.249 e. The van der Waals surface area contributed by atoms with Crippen molar-refractivity contribution in [3.63, 3.8) is 0 Å². The molecular formula is C20H18N4O2S. The number of benzene rings is 3. The number of nitrogens with one attached hydrogen (secondary N) is 1. The molecule has 4 aromatic rings. The minimum atomic E-state index is -3.57. The van der Waals surface area contributed by atoms with Crippen LogP contribution in [-0.4, -0.2) is 23.2 Å². The Morgan fingerprint density at radius 3 is 2.37 bits per heavy atom. The van der Waals surface area contributed by atoms with E-state index < -0.39 is 10.0 Å². The molecule has 6 nitrogen and oxygen atoms in total. The lowest BCUT2D eigenvalue weighted by Crippen LogP contribution is -2.23. The van der Waals surface area contributed by atoms with E-state index in [9.17, 15) is 8.42 Å². The van der Waals surface area contributed by atoms with Gasteiger partial charge in [-0.25, -0.2) is 22.8 Å². The van der Waals surface area contributed by atoms with Crippen LogP contribution < -0.4 is 4.72 Å². The van der Waals surface area contributed by atoms with Crippen LogP contribution in [-0.2, 0) is 23.1 Å². The van der Waals surface area contributed by atoms with Crippen molar-refractivity contribution in [1.29, 1.82) is 0 Å². The average molecular weight is 378 g/mol. The number of sulfonamides is 1. The summed E-state index contributed by atoms with van der Waals surface area (Å²) >= 11 is 0. The molecule has 0 fully saturated rings. The molecule has 27 heavy (non-hydrogen) atoms. The summed E-state index contributed by atoms with van der Waals surface area (Å²) < 4.78 is 29.6. The number of hydrogen-bond acceptors (Lipinski definition) is 4. The van der Waals surface area contributed by atoms with Gasteiger partial charge in [-0.05, 0) is 34.0 Å². The van der Waals surface area contributed by atoms with E-state index in [0.29, 0.717) is 6.54 Å². The molecule has 0 saturated heterocycles. The highest BCUT2D eigenvalue weighted by Crippen LogP contribution is 2.19. The molecule has 1 N–H and O–H groups in total. The minimum absolute atomic E-state index is 0.235. The van der Waals surface area contributed by atoms with Crippen LogP contribution in [0.15, 0.2) is 84.3 Å². The van der Waals surface area contributed by atoms with Gasteiger partial charge < -0.3 is 0 Å². The van der Waals surface area contributed by atoms with Gasteiger partial charge in [0, 0.05) is 6.54 Å². The van der Waals surface area contributed by atoms with Crippen molar-refractivity contribution in [2.45, 2.75) is 18.0 Å². The summed E-state index contributed by atoms with van der Waals surface area (Å²) in [6.45, 7) is 0.863. The molecule has 136 valence electrons. The minimum Gasteiger partial charge on any atom is -0.249 e. The van der Waals surface area contributed by atoms with Crippen molar-refractivity contribution in [1.82, 2.24) is 19.5 Å². The zero-order valence-corrected chi connectivity index (χ0v) is 15.3. The van der Waals surface area contributed by atoms with Crippen molar-refractivity contribution in [2.24, 2.45) is 0 Å². The van der Waals surface area contributed by atoms with Gasteiger partial charge in [0.1, 0.15) is 12.7 Å². The summed E-state index contributed by atoms with van der Waals surface area (Å²) in [4.78, 5) is 4.18. The van der Waals surface area contributed by atoms with Gasteiger partial charge in [0.05, 0.1) is 11.4 Å². The summed E-state index contributed by atoms with van der Waals surface area (Å²) in [6, 6.07) is 20.6. The van der Waals surface area contributed by atoms with E-state index in [1.165, 1.54) is 6.33 Å². The van der Waals surface area contributed by atoms with Gasteiger partial charge in [0.15, 0.2) is 0 Å². The third-order valence-electron chi connectivity index (χ3n) is 4.33. The van der Waals surface area contributed by atoms with Crippen molar-refractivity contribution in [2.75, 3.05) is 0 Å². The first-order chi connectivity index (χ1) is 13.1. The van der Waals surface area contributed by atoms with Crippen LogP contribution in [0.3, 0.4) is 0 Å². The number of nitrogens with zero attached hydrogens (tertiary/aromatic N) is 3. The van der Waals surface area contributed by atoms with Gasteiger partial charge in [0.2, 0.25) is 10.0 Å². The fraction of sp³-hybridized carbons (Fsp3) is 0.100. The highest BCUT2D eigenvalue weighted by atomic mass is 32.2. The van der Waals surface area contributed by atoms with Gasteiger partial charge in [-0.1, -0.05) is 54.6 Å². The fourth-order valence-electron chi connectivity index (χ4n) is 2.86. The van der Waals surface area contributed by atoms with Gasteiger partial charge in [-0.15, -0.1) is 0 Å². The predicted octanol–water partition coefficient (Wildman–Crippen LogP) is 2.96. The first-order valence-corrected chi connectivity index (χ1v) is 9.97. The summed E-state index contributed by atoms with van der Waals surface area (Å²) in [5, 5.41) is 5.99. The van der Waals surface area contributed by atoms with Gasteiger partial charge in [0.25, 0.3) is 0 Å². The molecule has 4 rings (SSSR count). The molecular weight excluding hydrogens is 360 g/mol. The zero-order valence-electron chi connectivity index (χ0n) is 14.5. The first-order valence-electron chi connectivity index (χ1n) is 8.49. The molecule has 0 aliphatic rings. The zero-order chi connectivity index (χ0) is 18.7. The standard InChI is InChI=1S/C20H18N4O2S/c25-27(26,20-10-9-18-3-1-2-4-19(18)11-20)23-12-16-5-7-17(8-6-16)13-24-15-21-14-22-24/h1-11,14-15,23H,12-13H2. The third kappa shape index (κ3) is 4.05. The summed E-state index contributed by atoms with van der Waals surface area (Å²) in [5.74, 6) is 0. The molecule has 7 heteroatoms. The molecule has 0 aliphatic heterocycles. The second-order valence-corrected chi connectivity index (χ2v) is 8.01. The number of rotatable bonds is 6. The van der Waals surface area contributed by atoms with Crippen LogP contribution >= 0.6 is 0 Å². The van der Waals surface area contributed by atoms with E-state index in [2.05, 4.69) is 14.8 Å². The monoisotopic (exact) mass is 378 g/mol. The van der Waals surface area contributed by atoms with Crippen LogP contribution in [0.1, 0.15) is 11.1 Å². The normalized spacial score (nSPS) is 11.7. The SMILES string of the molecule is O=S(=O)(NCc1ccc(Cn2cncn2)cc1)c1ccc2ccccc2c1. The van der Waals surface area contributed by atoms with Gasteiger partial charge in [-0.3, -0.25) is 0 Å². The predicted molar refractivity (Wildman–Crippen MR) is 104 cm³/mol. The Balaban J connectivity index is 1.45. The van der Waals surface area contributed by atoms with Gasteiger partial charge in [-0.2, -0.15) is 5.10 Å². The fourth-order valence-corrected chi connectivity index (χ4v) is 3.91. The summed E-state index contributed by atoms with van der Waals surface area (Å²) in [6.07, 6.45) is 3.15. The van der Waals surface area contributed by atoms with E-state index in [4.69, 9.17) is 0 Å². The Morgan fingerprint density at radius 2 is 1.63 bits per heavy atom. The van der Waals surface area contributed by atoms with Crippen LogP contribution in [0.5, 0.6) is 0 Å². The maximum atomic E-state index is 12.6. The van der Waals surface area contributed by atoms with Crippen LogP contribution in [0.25, 0.3) is 10.8 Å². The molecule has 3 aromatic carbocycles. The van der Waals surface area contributed by atoms with E-state index in [0.717, 1.165) is 21.9 Å². The topological polar surface area (TPSA) is 76.9 Å². The van der Waals surface area contributed by atoms with Crippen molar-refractivity contribution in [3.8, 4) is 0 Å². The third-order valence-corrected chi connectivity index (χ3v) is 5.73. The number of hydrogen-bond donors (Lipinski definition) is 1. The maximum absolute atomic E-state index is 12.6. The van der Waals surface area contributed by atoms with Crippen molar-refractivity contribution < 1.29 is 8.42 Å². The number of fused-ring (bicyclic) bond motifs is 1. The lowest BCUT2D eigenvalue weighted by molar-refractivity contribution is 0.581. The highest BCUT2D eigenvalue weighted by molar-refractivity contribution is 7.89. The smallest absolute Gasteiger partial charge is 0.240 e. The van der Waals surface area contributed by atoms with Gasteiger partial charge >= 0.3 is 0 Å². The quantitative estimate of drug-likeness (QED) is 0.560. The molecule has 1 aromatic heterocycles. The molecule has 0 saturated carbocycles. The van der Waals surface area contributed by atoms with E-state index in [1.807, 2.05) is 54.6 Å². The van der Waals surface area contributed by atoms with Crippen LogP contribution in [0.4, 0.5) is 0 Å².